The van der Waals surface area contributed by atoms with Crippen LogP contribution in [0.1, 0.15) is 0 Å². The molecule has 0 spiro atoms. The second-order valence-electron chi connectivity index (χ2n) is 12.6. The lowest BCUT2D eigenvalue weighted by Gasteiger charge is -2.26. The highest BCUT2D eigenvalue weighted by atomic mass is 15.1. The maximum Gasteiger partial charge on any atom is 0.0561 e. The van der Waals surface area contributed by atoms with Gasteiger partial charge in [-0.1, -0.05) is 103 Å². The first kappa shape index (κ1) is 27.5. The molecule has 230 valence electrons. The van der Waals surface area contributed by atoms with Crippen molar-refractivity contribution in [1.29, 1.82) is 0 Å². The maximum absolute atomic E-state index is 2.40. The van der Waals surface area contributed by atoms with Crippen LogP contribution in [0.25, 0.3) is 65.8 Å². The van der Waals surface area contributed by atoms with Gasteiger partial charge in [-0.3, -0.25) is 0 Å². The van der Waals surface area contributed by atoms with Crippen LogP contribution in [0.3, 0.4) is 0 Å². The Hall–Kier alpha value is -6.58. The molecule has 10 rings (SSSR count). The Labute approximate surface area is 284 Å². The molecule has 0 fully saturated rings. The van der Waals surface area contributed by atoms with Gasteiger partial charge in [-0.2, -0.15) is 0 Å². The average molecular weight is 626 g/mol. The van der Waals surface area contributed by atoms with Crippen LogP contribution < -0.4 is 4.90 Å². The lowest BCUT2D eigenvalue weighted by molar-refractivity contribution is 1.17. The number of benzene rings is 8. The van der Waals surface area contributed by atoms with E-state index in [9.17, 15) is 0 Å². The van der Waals surface area contributed by atoms with Gasteiger partial charge in [0.15, 0.2) is 0 Å². The molecule has 0 radical (unpaired) electrons. The minimum atomic E-state index is 1.10. The summed E-state index contributed by atoms with van der Waals surface area (Å²) < 4.78 is 4.78. The van der Waals surface area contributed by atoms with E-state index in [2.05, 4.69) is 202 Å². The van der Waals surface area contributed by atoms with Crippen LogP contribution in [-0.2, 0) is 0 Å². The molecule has 0 amide bonds. The summed E-state index contributed by atoms with van der Waals surface area (Å²) in [5, 5.41) is 7.53. The van der Waals surface area contributed by atoms with E-state index in [0.717, 1.165) is 28.4 Å². The molecule has 8 aromatic carbocycles. The van der Waals surface area contributed by atoms with Gasteiger partial charge in [-0.05, 0) is 95.7 Å². The molecule has 0 saturated heterocycles. The topological polar surface area (TPSA) is 13.1 Å². The molecule has 0 N–H and O–H groups in total. The van der Waals surface area contributed by atoms with Crippen molar-refractivity contribution < 1.29 is 0 Å². The van der Waals surface area contributed by atoms with Crippen LogP contribution in [0, 0.1) is 0 Å². The zero-order valence-corrected chi connectivity index (χ0v) is 26.7. The summed E-state index contributed by atoms with van der Waals surface area (Å²) in [4.78, 5) is 2.36. The fourth-order valence-corrected chi connectivity index (χ4v) is 7.66. The molecule has 0 aliphatic carbocycles. The Morgan fingerprint density at radius 3 is 1.45 bits per heavy atom. The third-order valence-electron chi connectivity index (χ3n) is 9.85. The van der Waals surface area contributed by atoms with E-state index < -0.39 is 0 Å². The molecule has 0 unspecified atom stereocenters. The number of nitrogens with zero attached hydrogens (tertiary/aromatic N) is 3. The molecule has 2 aromatic heterocycles. The third kappa shape index (κ3) is 4.37. The van der Waals surface area contributed by atoms with E-state index >= 15 is 0 Å². The van der Waals surface area contributed by atoms with Crippen LogP contribution in [0.2, 0.25) is 0 Å². The van der Waals surface area contributed by atoms with E-state index in [0.29, 0.717) is 0 Å². The summed E-state index contributed by atoms with van der Waals surface area (Å²) in [6.45, 7) is 0. The molecular formula is C46H31N3. The van der Waals surface area contributed by atoms with Crippen molar-refractivity contribution in [3.63, 3.8) is 0 Å². The van der Waals surface area contributed by atoms with E-state index in [1.807, 2.05) is 0 Å². The van der Waals surface area contributed by atoms with Gasteiger partial charge in [0.25, 0.3) is 0 Å². The van der Waals surface area contributed by atoms with E-state index in [1.165, 1.54) is 54.4 Å². The third-order valence-corrected chi connectivity index (χ3v) is 9.85. The lowest BCUT2D eigenvalue weighted by atomic mass is 10.1. The van der Waals surface area contributed by atoms with Crippen molar-refractivity contribution in [3.8, 4) is 11.4 Å². The summed E-state index contributed by atoms with van der Waals surface area (Å²) in [6.07, 6.45) is 0. The van der Waals surface area contributed by atoms with Gasteiger partial charge in [-0.15, -0.1) is 0 Å². The summed E-state index contributed by atoms with van der Waals surface area (Å²) in [7, 11) is 0. The highest BCUT2D eigenvalue weighted by molar-refractivity contribution is 6.14. The van der Waals surface area contributed by atoms with Crippen LogP contribution in [0.5, 0.6) is 0 Å². The van der Waals surface area contributed by atoms with Gasteiger partial charge in [-0.25, -0.2) is 0 Å². The van der Waals surface area contributed by atoms with Crippen molar-refractivity contribution in [1.82, 2.24) is 9.13 Å². The maximum atomic E-state index is 2.40. The Kier molecular flexibility index (Phi) is 6.18. The first-order chi connectivity index (χ1) is 24.3. The predicted octanol–water partition coefficient (Wildman–Crippen LogP) is 12.5. The summed E-state index contributed by atoms with van der Waals surface area (Å²) in [5.41, 5.74) is 10.4. The Morgan fingerprint density at radius 1 is 0.286 bits per heavy atom. The molecule has 49 heavy (non-hydrogen) atoms. The molecule has 0 aliphatic rings. The van der Waals surface area contributed by atoms with Crippen molar-refractivity contribution in [2.45, 2.75) is 0 Å². The number of rotatable bonds is 5. The normalized spacial score (nSPS) is 11.7. The van der Waals surface area contributed by atoms with Gasteiger partial charge in [0.05, 0.1) is 22.1 Å². The fraction of sp³-hybridized carbons (Fsp3) is 0. The molecule has 3 nitrogen and oxygen atoms in total. The van der Waals surface area contributed by atoms with Gasteiger partial charge in [0.1, 0.15) is 0 Å². The highest BCUT2D eigenvalue weighted by Crippen LogP contribution is 2.41. The highest BCUT2D eigenvalue weighted by Gasteiger charge is 2.18. The number of anilines is 3. The van der Waals surface area contributed by atoms with Gasteiger partial charge in [0.2, 0.25) is 0 Å². The van der Waals surface area contributed by atoms with Crippen LogP contribution in [-0.4, -0.2) is 9.13 Å². The largest absolute Gasteiger partial charge is 0.310 e. The number of para-hydroxylation sites is 4. The van der Waals surface area contributed by atoms with Gasteiger partial charge in [0, 0.05) is 50.0 Å². The van der Waals surface area contributed by atoms with Crippen molar-refractivity contribution in [2.75, 3.05) is 4.90 Å². The minimum Gasteiger partial charge on any atom is -0.310 e. The van der Waals surface area contributed by atoms with Gasteiger partial charge >= 0.3 is 0 Å². The summed E-state index contributed by atoms with van der Waals surface area (Å²) in [6, 6.07) is 67.9. The van der Waals surface area contributed by atoms with E-state index in [-0.39, 0.29) is 0 Å². The Bertz CT molecular complexity index is 2810. The molecule has 3 heteroatoms. The molecule has 0 saturated carbocycles. The van der Waals surface area contributed by atoms with Crippen molar-refractivity contribution in [2.24, 2.45) is 0 Å². The number of hydrogen-bond acceptors (Lipinski definition) is 1. The lowest BCUT2D eigenvalue weighted by Crippen LogP contribution is -2.10. The second-order valence-corrected chi connectivity index (χ2v) is 12.6. The first-order valence-corrected chi connectivity index (χ1v) is 16.8. The average Bonchev–Trinajstić information content (AvgIpc) is 3.67. The first-order valence-electron chi connectivity index (χ1n) is 16.8. The quantitative estimate of drug-likeness (QED) is 0.185. The monoisotopic (exact) mass is 625 g/mol. The van der Waals surface area contributed by atoms with Gasteiger partial charge < -0.3 is 14.0 Å². The zero-order valence-electron chi connectivity index (χ0n) is 26.7. The summed E-state index contributed by atoms with van der Waals surface area (Å²) >= 11 is 0. The fourth-order valence-electron chi connectivity index (χ4n) is 7.66. The minimum absolute atomic E-state index is 1.10. The molecule has 2 heterocycles. The molecule has 0 aliphatic heterocycles. The van der Waals surface area contributed by atoms with Crippen LogP contribution in [0.4, 0.5) is 17.1 Å². The summed E-state index contributed by atoms with van der Waals surface area (Å²) in [5.74, 6) is 0. The second kappa shape index (κ2) is 11.0. The molecule has 10 aromatic rings. The molecule has 0 atom stereocenters. The van der Waals surface area contributed by atoms with Crippen LogP contribution >= 0.6 is 0 Å². The SMILES string of the molecule is c1ccc(N(c2ccc(-n3c4ccccc4c4cc5ccccc5cc43)cc2)c2ccc3c4ccccc4n(-c4ccccc4)c3c2)cc1. The Balaban J connectivity index is 1.15. The number of aromatic nitrogens is 2. The van der Waals surface area contributed by atoms with E-state index in [1.54, 1.807) is 0 Å². The predicted molar refractivity (Wildman–Crippen MR) is 207 cm³/mol. The smallest absolute Gasteiger partial charge is 0.0561 e. The van der Waals surface area contributed by atoms with E-state index in [4.69, 9.17) is 0 Å². The van der Waals surface area contributed by atoms with Crippen LogP contribution in [0.15, 0.2) is 188 Å². The molecular weight excluding hydrogens is 595 g/mol. The van der Waals surface area contributed by atoms with Crippen molar-refractivity contribution in [3.05, 3.63) is 188 Å². The standard InChI is InChI=1S/C46H31N3/c1-3-15-34(16-4-1)47(38-27-28-41-39-19-9-11-21-43(39)48(46(41)31-38)35-17-5-2-6-18-35)36-23-25-37(26-24-36)49-44-22-12-10-20-40(44)42-29-32-13-7-8-14-33(32)30-45(42)49/h1-31H. The zero-order chi connectivity index (χ0) is 32.3. The number of hydrogen-bond donors (Lipinski definition) is 0. The number of fused-ring (bicyclic) bond motifs is 7. The van der Waals surface area contributed by atoms with Crippen molar-refractivity contribution >= 4 is 71.4 Å². The molecule has 0 bridgehead atoms. The Morgan fingerprint density at radius 2 is 0.755 bits per heavy atom.